The number of hydrogen-bond donors (Lipinski definition) is 2. The van der Waals surface area contributed by atoms with Crippen LogP contribution < -0.4 is 11.1 Å². The van der Waals surface area contributed by atoms with Gasteiger partial charge in [-0.1, -0.05) is 23.2 Å². The zero-order valence-corrected chi connectivity index (χ0v) is 12.4. The van der Waals surface area contributed by atoms with E-state index < -0.39 is 0 Å². The molecule has 2 heterocycles. The third-order valence-corrected chi connectivity index (χ3v) is 4.23. The molecule has 3 nitrogen and oxygen atoms in total. The van der Waals surface area contributed by atoms with Gasteiger partial charge in [-0.25, -0.2) is 4.98 Å². The summed E-state index contributed by atoms with van der Waals surface area (Å²) in [6, 6.07) is 5.60. The Labute approximate surface area is 121 Å². The highest BCUT2D eigenvalue weighted by Gasteiger charge is 2.07. The lowest BCUT2D eigenvalue weighted by Gasteiger charge is -2.07. The number of aromatic nitrogens is 1. The predicted molar refractivity (Wildman–Crippen MR) is 78.0 cm³/mol. The number of nitrogens with zero attached hydrogens (tertiary/aromatic N) is 1. The smallest absolute Gasteiger partial charge is 0.147 e. The highest BCUT2D eigenvalue weighted by Crippen LogP contribution is 2.28. The molecule has 0 saturated carbocycles. The second-order valence-electron chi connectivity index (χ2n) is 3.25. The van der Waals surface area contributed by atoms with E-state index in [9.17, 15) is 0 Å². The van der Waals surface area contributed by atoms with Gasteiger partial charge in [0.2, 0.25) is 0 Å². The van der Waals surface area contributed by atoms with Crippen LogP contribution in [-0.2, 0) is 6.54 Å². The molecule has 0 aliphatic carbocycles. The van der Waals surface area contributed by atoms with Crippen LogP contribution in [0.25, 0.3) is 0 Å². The first-order valence-corrected chi connectivity index (χ1v) is 7.02. The van der Waals surface area contributed by atoms with Crippen molar-refractivity contribution in [3.8, 4) is 0 Å². The Morgan fingerprint density at radius 2 is 2.12 bits per heavy atom. The number of thiophene rings is 1. The quantitative estimate of drug-likeness (QED) is 0.860. The monoisotopic (exact) mass is 351 g/mol. The summed E-state index contributed by atoms with van der Waals surface area (Å²) < 4.78 is 1.09. The Balaban J connectivity index is 2.11. The van der Waals surface area contributed by atoms with Crippen LogP contribution in [0.5, 0.6) is 0 Å². The predicted octanol–water partition coefficient (Wildman–Crippen LogP) is 4.41. The molecule has 2 aromatic heterocycles. The molecule has 90 valence electrons. The molecule has 0 saturated heterocycles. The van der Waals surface area contributed by atoms with Gasteiger partial charge in [-0.05, 0) is 34.1 Å². The van der Waals surface area contributed by atoms with Crippen molar-refractivity contribution in [2.24, 2.45) is 0 Å². The van der Waals surface area contributed by atoms with Crippen molar-refractivity contribution in [3.05, 3.63) is 36.9 Å². The van der Waals surface area contributed by atoms with E-state index in [1.165, 1.54) is 4.88 Å². The molecule has 0 aromatic carbocycles. The van der Waals surface area contributed by atoms with E-state index >= 15 is 0 Å². The van der Waals surface area contributed by atoms with Gasteiger partial charge in [-0.2, -0.15) is 0 Å². The Hall–Kier alpha value is -0.490. The van der Waals surface area contributed by atoms with E-state index in [2.05, 4.69) is 26.2 Å². The fraction of sp³-hybridized carbons (Fsp3) is 0.100. The first-order chi connectivity index (χ1) is 8.06. The summed E-state index contributed by atoms with van der Waals surface area (Å²) in [5.74, 6) is 0.809. The molecule has 3 N–H and O–H groups in total. The Morgan fingerprint density at radius 3 is 2.76 bits per heavy atom. The molecule has 0 amide bonds. The number of nitrogens with one attached hydrogen (secondary N) is 1. The molecule has 0 unspecified atom stereocenters. The number of hydrogen-bond acceptors (Lipinski definition) is 4. The van der Waals surface area contributed by atoms with Crippen molar-refractivity contribution in [2.75, 3.05) is 11.1 Å². The highest BCUT2D eigenvalue weighted by molar-refractivity contribution is 9.11. The number of nitrogen functional groups attached to an aromatic ring is 1. The lowest BCUT2D eigenvalue weighted by Crippen LogP contribution is -2.03. The maximum Gasteiger partial charge on any atom is 0.147 e. The molecule has 0 fully saturated rings. The van der Waals surface area contributed by atoms with Gasteiger partial charge in [0.25, 0.3) is 0 Å². The lowest BCUT2D eigenvalue weighted by atomic mass is 10.4. The Bertz CT molecular complexity index is 544. The first-order valence-electron chi connectivity index (χ1n) is 4.66. The molecule has 0 aliphatic rings. The van der Waals surface area contributed by atoms with Crippen molar-refractivity contribution < 1.29 is 0 Å². The largest absolute Gasteiger partial charge is 0.382 e. The number of pyridine rings is 1. The summed E-state index contributed by atoms with van der Waals surface area (Å²) in [7, 11) is 0. The molecule has 2 rings (SSSR count). The summed E-state index contributed by atoms with van der Waals surface area (Å²) >= 11 is 16.9. The van der Waals surface area contributed by atoms with Gasteiger partial charge < -0.3 is 11.1 Å². The van der Waals surface area contributed by atoms with E-state index in [4.69, 9.17) is 28.9 Å². The minimum atomic E-state index is 0.269. The molecule has 0 bridgehead atoms. The van der Waals surface area contributed by atoms with Gasteiger partial charge in [0.05, 0.1) is 20.4 Å². The van der Waals surface area contributed by atoms with Gasteiger partial charge in [0.15, 0.2) is 0 Å². The number of rotatable bonds is 3. The Morgan fingerprint density at radius 1 is 1.35 bits per heavy atom. The molecular weight excluding hydrogens is 345 g/mol. The van der Waals surface area contributed by atoms with E-state index in [0.717, 1.165) is 3.79 Å². The average molecular weight is 353 g/mol. The minimum absolute atomic E-state index is 0.269. The third kappa shape index (κ3) is 3.25. The SMILES string of the molecule is Nc1nc(NCc2ccc(Br)s2)c(Cl)cc1Cl. The van der Waals surface area contributed by atoms with Gasteiger partial charge in [0, 0.05) is 4.88 Å². The highest BCUT2D eigenvalue weighted by atomic mass is 79.9. The van der Waals surface area contributed by atoms with Gasteiger partial charge in [-0.15, -0.1) is 11.3 Å². The third-order valence-electron chi connectivity index (χ3n) is 2.02. The van der Waals surface area contributed by atoms with Crippen LogP contribution in [-0.4, -0.2) is 4.98 Å². The van der Waals surface area contributed by atoms with Crippen molar-refractivity contribution in [2.45, 2.75) is 6.54 Å². The van der Waals surface area contributed by atoms with E-state index in [-0.39, 0.29) is 5.82 Å². The molecule has 7 heteroatoms. The zero-order chi connectivity index (χ0) is 12.4. The number of nitrogens with two attached hydrogens (primary N) is 1. The van der Waals surface area contributed by atoms with Crippen LogP contribution in [0.4, 0.5) is 11.6 Å². The molecule has 0 radical (unpaired) electrons. The van der Waals surface area contributed by atoms with E-state index in [1.807, 2.05) is 12.1 Å². The fourth-order valence-corrected chi connectivity index (χ4v) is 3.07. The van der Waals surface area contributed by atoms with Crippen LogP contribution in [0.2, 0.25) is 10.0 Å². The van der Waals surface area contributed by atoms with Gasteiger partial charge in [-0.3, -0.25) is 0 Å². The first kappa shape index (κ1) is 13.0. The van der Waals surface area contributed by atoms with Crippen molar-refractivity contribution in [3.63, 3.8) is 0 Å². The molecular formula is C10H8BrCl2N3S. The summed E-state index contributed by atoms with van der Waals surface area (Å²) in [6.45, 7) is 0.643. The number of anilines is 2. The van der Waals surface area contributed by atoms with Gasteiger partial charge in [0.1, 0.15) is 11.6 Å². The van der Waals surface area contributed by atoms with Crippen LogP contribution in [0.15, 0.2) is 22.0 Å². The number of halogens is 3. The van der Waals surface area contributed by atoms with Crippen molar-refractivity contribution in [1.29, 1.82) is 0 Å². The normalized spacial score (nSPS) is 10.5. The average Bonchev–Trinajstić information content (AvgIpc) is 2.68. The summed E-state index contributed by atoms with van der Waals surface area (Å²) in [6.07, 6.45) is 0. The molecule has 0 aliphatic heterocycles. The maximum absolute atomic E-state index is 6.00. The molecule has 0 spiro atoms. The van der Waals surface area contributed by atoms with E-state index in [0.29, 0.717) is 22.4 Å². The minimum Gasteiger partial charge on any atom is -0.382 e. The second kappa shape index (κ2) is 5.44. The second-order valence-corrected chi connectivity index (χ2v) is 6.61. The zero-order valence-electron chi connectivity index (χ0n) is 8.51. The van der Waals surface area contributed by atoms with Crippen molar-refractivity contribution in [1.82, 2.24) is 4.98 Å². The molecule has 2 aromatic rings. The van der Waals surface area contributed by atoms with Crippen LogP contribution in [0.1, 0.15) is 4.88 Å². The summed E-state index contributed by atoms with van der Waals surface area (Å²) in [5, 5.41) is 3.94. The van der Waals surface area contributed by atoms with Crippen LogP contribution >= 0.6 is 50.5 Å². The van der Waals surface area contributed by atoms with Crippen LogP contribution in [0.3, 0.4) is 0 Å². The van der Waals surface area contributed by atoms with Crippen molar-refractivity contribution >= 4 is 62.1 Å². The standard InChI is InChI=1S/C10H8BrCl2N3S/c11-8-2-1-5(17-8)4-15-10-7(13)3-6(12)9(14)16-10/h1-3H,4H2,(H3,14,15,16). The fourth-order valence-electron chi connectivity index (χ4n) is 1.22. The molecule has 17 heavy (non-hydrogen) atoms. The Kier molecular flexibility index (Phi) is 4.14. The topological polar surface area (TPSA) is 50.9 Å². The van der Waals surface area contributed by atoms with Gasteiger partial charge >= 0.3 is 0 Å². The van der Waals surface area contributed by atoms with Crippen LogP contribution in [0, 0.1) is 0 Å². The molecule has 0 atom stereocenters. The summed E-state index contributed by atoms with van der Waals surface area (Å²) in [5.41, 5.74) is 5.62. The van der Waals surface area contributed by atoms with E-state index in [1.54, 1.807) is 17.4 Å². The maximum atomic E-state index is 6.00. The lowest BCUT2D eigenvalue weighted by molar-refractivity contribution is 1.14. The summed E-state index contributed by atoms with van der Waals surface area (Å²) in [4.78, 5) is 5.26.